The Bertz CT molecular complexity index is 1300. The summed E-state index contributed by atoms with van der Waals surface area (Å²) in [4.78, 5) is 4.32. The molecule has 4 rings (SSSR count). The van der Waals surface area contributed by atoms with Crippen LogP contribution >= 0.6 is 0 Å². The van der Waals surface area contributed by atoms with Crippen molar-refractivity contribution in [3.8, 4) is 17.9 Å². The summed E-state index contributed by atoms with van der Waals surface area (Å²) < 4.78 is 46.6. The summed E-state index contributed by atoms with van der Waals surface area (Å²) in [6.45, 7) is 4.10. The zero-order valence-corrected chi connectivity index (χ0v) is 20.2. The number of nitriles is 1. The van der Waals surface area contributed by atoms with Gasteiger partial charge in [-0.1, -0.05) is 5.92 Å². The summed E-state index contributed by atoms with van der Waals surface area (Å²) in [6.07, 6.45) is -0.968. The Morgan fingerprint density at radius 3 is 2.53 bits per heavy atom. The first-order chi connectivity index (χ1) is 17.1. The largest absolute Gasteiger partial charge is 0.406 e. The van der Waals surface area contributed by atoms with Crippen LogP contribution < -0.4 is 10.6 Å². The van der Waals surface area contributed by atoms with E-state index in [1.807, 2.05) is 12.1 Å². The highest BCUT2D eigenvalue weighted by molar-refractivity contribution is 5.86. The van der Waals surface area contributed by atoms with Gasteiger partial charge >= 0.3 is 6.18 Å². The van der Waals surface area contributed by atoms with E-state index < -0.39 is 18.1 Å². The SMILES string of the molecule is CC(C)(C#N)c1ccc(NCC#Cc2cc3cc(NC4CCOCC4)ccc3n2CC(F)(F)F)cn1. The minimum absolute atomic E-state index is 0.229. The quantitative estimate of drug-likeness (QED) is 0.445. The number of hydrogen-bond acceptors (Lipinski definition) is 5. The highest BCUT2D eigenvalue weighted by atomic mass is 19.4. The molecule has 0 bridgehead atoms. The summed E-state index contributed by atoms with van der Waals surface area (Å²) in [6, 6.07) is 13.2. The van der Waals surface area contributed by atoms with Gasteiger partial charge in [0.2, 0.25) is 0 Å². The molecule has 0 amide bonds. The van der Waals surface area contributed by atoms with E-state index in [2.05, 4.69) is 33.5 Å². The molecule has 0 spiro atoms. The molecule has 1 aliphatic rings. The van der Waals surface area contributed by atoms with Crippen molar-refractivity contribution in [2.75, 3.05) is 30.4 Å². The Labute approximate surface area is 208 Å². The highest BCUT2D eigenvalue weighted by Gasteiger charge is 2.29. The van der Waals surface area contributed by atoms with Crippen LogP contribution in [0.15, 0.2) is 42.6 Å². The zero-order chi connectivity index (χ0) is 25.8. The molecule has 0 atom stereocenters. The van der Waals surface area contributed by atoms with Crippen LogP contribution in [0.2, 0.25) is 0 Å². The third-order valence-electron chi connectivity index (χ3n) is 6.11. The van der Waals surface area contributed by atoms with Crippen LogP contribution in [0.3, 0.4) is 0 Å². The predicted octanol–water partition coefficient (Wildman–Crippen LogP) is 5.45. The molecule has 9 heteroatoms. The van der Waals surface area contributed by atoms with Crippen LogP contribution in [0.5, 0.6) is 0 Å². The Hall–Kier alpha value is -3.69. The van der Waals surface area contributed by atoms with Crippen molar-refractivity contribution in [2.45, 2.75) is 50.9 Å². The molecule has 0 saturated carbocycles. The van der Waals surface area contributed by atoms with Gasteiger partial charge in [0.1, 0.15) is 6.54 Å². The van der Waals surface area contributed by atoms with Crippen molar-refractivity contribution >= 4 is 22.3 Å². The van der Waals surface area contributed by atoms with Gasteiger partial charge in [0.25, 0.3) is 0 Å². The number of hydrogen-bond donors (Lipinski definition) is 2. The van der Waals surface area contributed by atoms with Crippen molar-refractivity contribution in [1.82, 2.24) is 9.55 Å². The van der Waals surface area contributed by atoms with Crippen molar-refractivity contribution in [3.63, 3.8) is 0 Å². The van der Waals surface area contributed by atoms with Crippen molar-refractivity contribution in [1.29, 1.82) is 5.26 Å². The van der Waals surface area contributed by atoms with Crippen LogP contribution in [0.4, 0.5) is 24.5 Å². The van der Waals surface area contributed by atoms with Crippen molar-refractivity contribution in [2.24, 2.45) is 0 Å². The van der Waals surface area contributed by atoms with E-state index >= 15 is 0 Å². The first-order valence-electron chi connectivity index (χ1n) is 11.8. The number of anilines is 2. The molecule has 0 unspecified atom stereocenters. The summed E-state index contributed by atoms with van der Waals surface area (Å²) >= 11 is 0. The second kappa shape index (κ2) is 10.5. The maximum absolute atomic E-state index is 13.3. The lowest BCUT2D eigenvalue weighted by atomic mass is 9.91. The van der Waals surface area contributed by atoms with Crippen LogP contribution in [0.25, 0.3) is 10.9 Å². The lowest BCUT2D eigenvalue weighted by Crippen LogP contribution is -2.27. The average Bonchev–Trinajstić information content (AvgIpc) is 3.17. The summed E-state index contributed by atoms with van der Waals surface area (Å²) in [5, 5.41) is 16.5. The average molecular weight is 496 g/mol. The minimum Gasteiger partial charge on any atom is -0.382 e. The molecule has 1 aromatic carbocycles. The number of fused-ring (bicyclic) bond motifs is 1. The fraction of sp³-hybridized carbons (Fsp3) is 0.407. The molecule has 188 valence electrons. The maximum atomic E-state index is 13.3. The number of ether oxygens (including phenoxy) is 1. The van der Waals surface area contributed by atoms with Crippen molar-refractivity contribution < 1.29 is 17.9 Å². The maximum Gasteiger partial charge on any atom is 0.406 e. The number of halogens is 3. The zero-order valence-electron chi connectivity index (χ0n) is 20.2. The number of pyridine rings is 1. The van der Waals surface area contributed by atoms with Gasteiger partial charge in [0, 0.05) is 35.8 Å². The lowest BCUT2D eigenvalue weighted by molar-refractivity contribution is -0.140. The molecule has 1 fully saturated rings. The molecule has 3 heterocycles. The van der Waals surface area contributed by atoms with Crippen LogP contribution in [-0.4, -0.2) is 41.5 Å². The highest BCUT2D eigenvalue weighted by Crippen LogP contribution is 2.28. The predicted molar refractivity (Wildman–Crippen MR) is 134 cm³/mol. The molecule has 0 aliphatic carbocycles. The Balaban J connectivity index is 1.51. The molecule has 3 aromatic rings. The van der Waals surface area contributed by atoms with Gasteiger partial charge in [-0.05, 0) is 69.0 Å². The van der Waals surface area contributed by atoms with Crippen LogP contribution in [-0.2, 0) is 16.7 Å². The molecule has 2 N–H and O–H groups in total. The number of nitrogens with one attached hydrogen (secondary N) is 2. The smallest absolute Gasteiger partial charge is 0.382 e. The summed E-state index contributed by atoms with van der Waals surface area (Å²) in [7, 11) is 0. The van der Waals surface area contributed by atoms with Gasteiger partial charge in [-0.25, -0.2) is 0 Å². The second-order valence-electron chi connectivity index (χ2n) is 9.36. The minimum atomic E-state index is -4.37. The monoisotopic (exact) mass is 495 g/mol. The van der Waals surface area contributed by atoms with E-state index in [0.717, 1.165) is 18.5 Å². The summed E-state index contributed by atoms with van der Waals surface area (Å²) in [5.74, 6) is 5.81. The van der Waals surface area contributed by atoms with Crippen molar-refractivity contribution in [3.05, 3.63) is 54.0 Å². The van der Waals surface area contributed by atoms with E-state index in [1.165, 1.54) is 4.57 Å². The van der Waals surface area contributed by atoms with Crippen LogP contribution in [0.1, 0.15) is 38.1 Å². The first kappa shape index (κ1) is 25.4. The Morgan fingerprint density at radius 2 is 1.86 bits per heavy atom. The topological polar surface area (TPSA) is 74.9 Å². The van der Waals surface area contributed by atoms with E-state index in [0.29, 0.717) is 41.2 Å². The van der Waals surface area contributed by atoms with Gasteiger partial charge in [-0.2, -0.15) is 18.4 Å². The number of benzene rings is 1. The van der Waals surface area contributed by atoms with E-state index in [-0.39, 0.29) is 12.6 Å². The summed E-state index contributed by atoms with van der Waals surface area (Å²) in [5.41, 5.74) is 2.34. The molecule has 6 nitrogen and oxygen atoms in total. The normalized spacial score (nSPS) is 14.7. The fourth-order valence-electron chi connectivity index (χ4n) is 4.10. The van der Waals surface area contributed by atoms with Gasteiger partial charge in [-0.15, -0.1) is 0 Å². The second-order valence-corrected chi connectivity index (χ2v) is 9.36. The van der Waals surface area contributed by atoms with Gasteiger partial charge in [-0.3, -0.25) is 4.98 Å². The first-order valence-corrected chi connectivity index (χ1v) is 11.8. The molecule has 1 aliphatic heterocycles. The van der Waals surface area contributed by atoms with E-state index in [1.54, 1.807) is 44.3 Å². The van der Waals surface area contributed by atoms with E-state index in [4.69, 9.17) is 4.74 Å². The molecular weight excluding hydrogens is 467 g/mol. The molecule has 1 saturated heterocycles. The third kappa shape index (κ3) is 6.30. The third-order valence-corrected chi connectivity index (χ3v) is 6.11. The number of alkyl halides is 3. The number of nitrogens with zero attached hydrogens (tertiary/aromatic N) is 3. The van der Waals surface area contributed by atoms with Gasteiger partial charge < -0.3 is 19.9 Å². The number of aromatic nitrogens is 2. The van der Waals surface area contributed by atoms with Gasteiger partial charge in [0.15, 0.2) is 0 Å². The van der Waals surface area contributed by atoms with E-state index in [9.17, 15) is 18.4 Å². The molecular formula is C27H28F3N5O. The van der Waals surface area contributed by atoms with Crippen LogP contribution in [0, 0.1) is 23.2 Å². The molecule has 2 aromatic heterocycles. The lowest BCUT2D eigenvalue weighted by Gasteiger charge is -2.24. The Morgan fingerprint density at radius 1 is 1.11 bits per heavy atom. The molecule has 0 radical (unpaired) electrons. The van der Waals surface area contributed by atoms with Gasteiger partial charge in [0.05, 0.1) is 41.3 Å². The molecule has 36 heavy (non-hydrogen) atoms. The fourth-order valence-corrected chi connectivity index (χ4v) is 4.10. The standard InChI is InChI=1S/C27H28F3N5O/c1-26(2,17-31)25-8-6-22(16-33-25)32-11-3-4-23-15-19-14-21(34-20-9-12-36-13-10-20)5-7-24(19)35(23)18-27(28,29)30/h5-8,14-16,20,32,34H,9-13,18H2,1-2H3. The Kier molecular flexibility index (Phi) is 7.42. The number of rotatable bonds is 6.